The summed E-state index contributed by atoms with van der Waals surface area (Å²) in [5.74, 6) is 0. The Morgan fingerprint density at radius 2 is 1.70 bits per heavy atom. The van der Waals surface area contributed by atoms with Gasteiger partial charge in [0, 0.05) is 45.0 Å². The smallest absolute Gasteiger partial charge is 0.243 e. The summed E-state index contributed by atoms with van der Waals surface area (Å²) in [5.41, 5.74) is 5.05. The van der Waals surface area contributed by atoms with Crippen molar-refractivity contribution < 1.29 is 8.42 Å². The molecule has 4 rings (SSSR count). The van der Waals surface area contributed by atoms with E-state index in [0.717, 1.165) is 38.2 Å². The number of rotatable bonds is 4. The summed E-state index contributed by atoms with van der Waals surface area (Å²) in [4.78, 5) is 2.73. The monoisotopic (exact) mass is 407 g/mol. The summed E-state index contributed by atoms with van der Waals surface area (Å²) in [6, 6.07) is 13.6. The van der Waals surface area contributed by atoms with E-state index in [4.69, 9.17) is 0 Å². The number of anilines is 1. The van der Waals surface area contributed by atoms with Gasteiger partial charge in [0.05, 0.1) is 4.90 Å². The number of nitrogens with zero attached hydrogens (tertiary/aromatic N) is 2. The molecule has 0 unspecified atom stereocenters. The molecule has 0 aliphatic carbocycles. The number of piperazine rings is 1. The Hall–Kier alpha value is -1.60. The van der Waals surface area contributed by atoms with Crippen LogP contribution in [0.1, 0.15) is 16.7 Å². The second-order valence-electron chi connectivity index (χ2n) is 7.12. The lowest BCUT2D eigenvalue weighted by molar-refractivity contribution is 0.182. The van der Waals surface area contributed by atoms with Gasteiger partial charge in [-0.1, -0.05) is 35.9 Å². The standard InChI is InChI=1S/C20H25N3O2S.ClH/c1-16-5-7-19(8-6-16)26(24,25)23-13-11-22(12-14-23)15-18-4-2-3-17-9-10-21-20(17)18;/h2-8,21H,9-15H2,1H3;1H. The molecule has 27 heavy (non-hydrogen) atoms. The quantitative estimate of drug-likeness (QED) is 0.846. The molecule has 0 aromatic heterocycles. The summed E-state index contributed by atoms with van der Waals surface area (Å²) < 4.78 is 27.2. The van der Waals surface area contributed by atoms with Crippen molar-refractivity contribution >= 4 is 28.1 Å². The number of fused-ring (bicyclic) bond motifs is 1. The van der Waals surface area contributed by atoms with E-state index in [1.165, 1.54) is 16.8 Å². The second-order valence-corrected chi connectivity index (χ2v) is 9.06. The van der Waals surface area contributed by atoms with Gasteiger partial charge in [0.2, 0.25) is 10.0 Å². The molecule has 1 N–H and O–H groups in total. The fourth-order valence-electron chi connectivity index (χ4n) is 3.77. The maximum Gasteiger partial charge on any atom is 0.243 e. The minimum Gasteiger partial charge on any atom is -0.384 e. The Kier molecular flexibility index (Phi) is 6.11. The van der Waals surface area contributed by atoms with Crippen molar-refractivity contribution in [3.05, 3.63) is 59.2 Å². The Morgan fingerprint density at radius 1 is 1.00 bits per heavy atom. The van der Waals surface area contributed by atoms with Crippen LogP contribution < -0.4 is 5.32 Å². The summed E-state index contributed by atoms with van der Waals surface area (Å²) >= 11 is 0. The second kappa shape index (κ2) is 8.19. The average Bonchev–Trinajstić information content (AvgIpc) is 3.12. The number of aryl methyl sites for hydroxylation is 1. The average molecular weight is 408 g/mol. The zero-order valence-electron chi connectivity index (χ0n) is 15.5. The molecule has 2 aliphatic heterocycles. The van der Waals surface area contributed by atoms with Gasteiger partial charge in [0.25, 0.3) is 0 Å². The minimum atomic E-state index is -3.39. The van der Waals surface area contributed by atoms with Crippen molar-refractivity contribution in [2.45, 2.75) is 24.8 Å². The first-order chi connectivity index (χ1) is 12.5. The number of hydrogen-bond acceptors (Lipinski definition) is 4. The molecule has 0 saturated carbocycles. The van der Waals surface area contributed by atoms with E-state index in [1.807, 2.05) is 19.1 Å². The van der Waals surface area contributed by atoms with E-state index < -0.39 is 10.0 Å². The fourth-order valence-corrected chi connectivity index (χ4v) is 5.19. The van der Waals surface area contributed by atoms with Crippen molar-refractivity contribution in [1.82, 2.24) is 9.21 Å². The van der Waals surface area contributed by atoms with Gasteiger partial charge in [-0.05, 0) is 36.6 Å². The molecular formula is C20H26ClN3O2S. The topological polar surface area (TPSA) is 52.7 Å². The van der Waals surface area contributed by atoms with Gasteiger partial charge in [0.1, 0.15) is 0 Å². The van der Waals surface area contributed by atoms with Gasteiger partial charge >= 0.3 is 0 Å². The van der Waals surface area contributed by atoms with Crippen molar-refractivity contribution in [3.63, 3.8) is 0 Å². The highest BCUT2D eigenvalue weighted by atomic mass is 35.5. The van der Waals surface area contributed by atoms with E-state index >= 15 is 0 Å². The van der Waals surface area contributed by atoms with Crippen LogP contribution in [0.25, 0.3) is 0 Å². The van der Waals surface area contributed by atoms with Crippen molar-refractivity contribution in [3.8, 4) is 0 Å². The molecule has 1 saturated heterocycles. The molecule has 146 valence electrons. The maximum atomic E-state index is 12.8. The molecule has 0 spiro atoms. The fraction of sp³-hybridized carbons (Fsp3) is 0.400. The van der Waals surface area contributed by atoms with E-state index in [0.29, 0.717) is 18.0 Å². The van der Waals surface area contributed by atoms with Crippen LogP contribution in [0.15, 0.2) is 47.4 Å². The van der Waals surface area contributed by atoms with Crippen LogP contribution >= 0.6 is 12.4 Å². The summed E-state index contributed by atoms with van der Waals surface area (Å²) in [6.07, 6.45) is 1.09. The van der Waals surface area contributed by atoms with Crippen molar-refractivity contribution in [2.75, 3.05) is 38.0 Å². The number of sulfonamides is 1. The zero-order chi connectivity index (χ0) is 18.1. The highest BCUT2D eigenvalue weighted by molar-refractivity contribution is 7.89. The Balaban J connectivity index is 0.00000210. The van der Waals surface area contributed by atoms with E-state index in [1.54, 1.807) is 16.4 Å². The highest BCUT2D eigenvalue weighted by Gasteiger charge is 2.28. The Bertz CT molecular complexity index is 892. The first-order valence-electron chi connectivity index (χ1n) is 9.18. The number of halogens is 1. The van der Waals surface area contributed by atoms with E-state index in [-0.39, 0.29) is 12.4 Å². The van der Waals surface area contributed by atoms with E-state index in [2.05, 4.69) is 28.4 Å². The number of para-hydroxylation sites is 1. The molecule has 0 radical (unpaired) electrons. The van der Waals surface area contributed by atoms with Crippen LogP contribution in [-0.4, -0.2) is 50.3 Å². The number of benzene rings is 2. The van der Waals surface area contributed by atoms with Crippen LogP contribution in [0.3, 0.4) is 0 Å². The lowest BCUT2D eigenvalue weighted by Gasteiger charge is -2.34. The first kappa shape index (κ1) is 20.1. The zero-order valence-corrected chi connectivity index (χ0v) is 17.2. The van der Waals surface area contributed by atoms with Gasteiger partial charge in [0.15, 0.2) is 0 Å². The largest absolute Gasteiger partial charge is 0.384 e. The third kappa shape index (κ3) is 4.14. The molecule has 2 heterocycles. The Morgan fingerprint density at radius 3 is 2.41 bits per heavy atom. The lowest BCUT2D eigenvalue weighted by atomic mass is 10.1. The molecule has 5 nitrogen and oxygen atoms in total. The predicted molar refractivity (Wildman–Crippen MR) is 111 cm³/mol. The highest BCUT2D eigenvalue weighted by Crippen LogP contribution is 2.28. The van der Waals surface area contributed by atoms with Gasteiger partial charge in [-0.3, -0.25) is 4.90 Å². The molecule has 0 amide bonds. The molecular weight excluding hydrogens is 382 g/mol. The van der Waals surface area contributed by atoms with Crippen LogP contribution in [-0.2, 0) is 23.0 Å². The van der Waals surface area contributed by atoms with Crippen LogP contribution in [0.2, 0.25) is 0 Å². The SMILES string of the molecule is Cc1ccc(S(=O)(=O)N2CCN(Cc3cccc4c3NCC4)CC2)cc1.Cl. The molecule has 0 atom stereocenters. The summed E-state index contributed by atoms with van der Waals surface area (Å²) in [6.45, 7) is 6.44. The first-order valence-corrected chi connectivity index (χ1v) is 10.6. The third-order valence-corrected chi connectivity index (χ3v) is 7.23. The molecule has 7 heteroatoms. The summed E-state index contributed by atoms with van der Waals surface area (Å²) in [7, 11) is -3.39. The lowest BCUT2D eigenvalue weighted by Crippen LogP contribution is -2.48. The maximum absolute atomic E-state index is 12.8. The molecule has 0 bridgehead atoms. The molecule has 1 fully saturated rings. The van der Waals surface area contributed by atoms with Gasteiger partial charge in [-0.2, -0.15) is 4.31 Å². The van der Waals surface area contributed by atoms with Crippen LogP contribution in [0.4, 0.5) is 5.69 Å². The van der Waals surface area contributed by atoms with Crippen LogP contribution in [0.5, 0.6) is 0 Å². The van der Waals surface area contributed by atoms with Crippen molar-refractivity contribution in [2.24, 2.45) is 0 Å². The Labute approximate surface area is 167 Å². The van der Waals surface area contributed by atoms with Gasteiger partial charge in [-0.25, -0.2) is 8.42 Å². The third-order valence-electron chi connectivity index (χ3n) is 5.32. The van der Waals surface area contributed by atoms with Crippen molar-refractivity contribution in [1.29, 1.82) is 0 Å². The van der Waals surface area contributed by atoms with Gasteiger partial charge < -0.3 is 5.32 Å². The van der Waals surface area contributed by atoms with Gasteiger partial charge in [-0.15, -0.1) is 12.4 Å². The van der Waals surface area contributed by atoms with Crippen LogP contribution in [0, 0.1) is 6.92 Å². The number of nitrogens with one attached hydrogen (secondary N) is 1. The molecule has 2 aromatic carbocycles. The normalized spacial score (nSPS) is 17.8. The predicted octanol–water partition coefficient (Wildman–Crippen LogP) is 2.89. The number of hydrogen-bond donors (Lipinski definition) is 1. The minimum absolute atomic E-state index is 0. The summed E-state index contributed by atoms with van der Waals surface area (Å²) in [5, 5.41) is 3.48. The van der Waals surface area contributed by atoms with E-state index in [9.17, 15) is 8.42 Å². The molecule has 2 aromatic rings. The molecule has 2 aliphatic rings.